The largest absolute Gasteiger partial charge is 0.368 e. The van der Waals surface area contributed by atoms with Gasteiger partial charge in [0.1, 0.15) is 5.82 Å². The third-order valence-electron chi connectivity index (χ3n) is 5.67. The standard InChI is InChI=1S/C19H26F3N3/c1-11(10-24-2)25-14-3-4-15(25)6-13(5-14)19(23)8-12-7-17(21)18(22)9-16(12)20/h7,9,13-15,19,24H,1,3-6,8,10,23H2,2H3. The topological polar surface area (TPSA) is 41.3 Å². The summed E-state index contributed by atoms with van der Waals surface area (Å²) in [6.07, 6.45) is 4.34. The van der Waals surface area contributed by atoms with Crippen molar-refractivity contribution in [3.8, 4) is 0 Å². The van der Waals surface area contributed by atoms with Crippen LogP contribution >= 0.6 is 0 Å². The minimum atomic E-state index is -1.16. The van der Waals surface area contributed by atoms with Gasteiger partial charge in [0.25, 0.3) is 0 Å². The summed E-state index contributed by atoms with van der Waals surface area (Å²) in [7, 11) is 1.91. The van der Waals surface area contributed by atoms with E-state index in [0.717, 1.165) is 44.0 Å². The van der Waals surface area contributed by atoms with E-state index in [1.807, 2.05) is 7.05 Å². The molecule has 2 bridgehead atoms. The first kappa shape index (κ1) is 18.3. The van der Waals surface area contributed by atoms with Crippen LogP contribution in [0.5, 0.6) is 0 Å². The first-order valence-electron chi connectivity index (χ1n) is 8.90. The van der Waals surface area contributed by atoms with Crippen LogP contribution in [0.2, 0.25) is 0 Å². The number of rotatable bonds is 6. The molecule has 0 radical (unpaired) electrons. The predicted octanol–water partition coefficient (Wildman–Crippen LogP) is 2.95. The van der Waals surface area contributed by atoms with Crippen LogP contribution in [-0.2, 0) is 6.42 Å². The maximum atomic E-state index is 13.9. The Morgan fingerprint density at radius 2 is 1.80 bits per heavy atom. The molecule has 2 fully saturated rings. The summed E-state index contributed by atoms with van der Waals surface area (Å²) in [4.78, 5) is 2.41. The number of nitrogens with one attached hydrogen (secondary N) is 1. The second-order valence-electron chi connectivity index (χ2n) is 7.35. The molecule has 3 rings (SSSR count). The van der Waals surface area contributed by atoms with Gasteiger partial charge in [0.05, 0.1) is 0 Å². The number of piperidine rings is 1. The van der Waals surface area contributed by atoms with Crippen molar-refractivity contribution in [3.05, 3.63) is 47.4 Å². The van der Waals surface area contributed by atoms with E-state index in [2.05, 4.69) is 16.8 Å². The fourth-order valence-corrected chi connectivity index (χ4v) is 4.52. The molecular weight excluding hydrogens is 327 g/mol. The Morgan fingerprint density at radius 1 is 1.20 bits per heavy atom. The molecule has 0 spiro atoms. The van der Waals surface area contributed by atoms with Gasteiger partial charge in [0, 0.05) is 36.4 Å². The molecule has 3 nitrogen and oxygen atoms in total. The van der Waals surface area contributed by atoms with Crippen LogP contribution in [0.25, 0.3) is 0 Å². The zero-order valence-electron chi connectivity index (χ0n) is 14.6. The highest BCUT2D eigenvalue weighted by Gasteiger charge is 2.42. The smallest absolute Gasteiger partial charge is 0.161 e. The number of halogens is 3. The van der Waals surface area contributed by atoms with Crippen molar-refractivity contribution < 1.29 is 13.2 Å². The zero-order chi connectivity index (χ0) is 18.1. The van der Waals surface area contributed by atoms with Gasteiger partial charge in [0.2, 0.25) is 0 Å². The summed E-state index contributed by atoms with van der Waals surface area (Å²) in [5.41, 5.74) is 7.59. The van der Waals surface area contributed by atoms with Crippen molar-refractivity contribution in [1.29, 1.82) is 0 Å². The molecule has 6 heteroatoms. The molecule has 0 amide bonds. The van der Waals surface area contributed by atoms with Crippen molar-refractivity contribution in [1.82, 2.24) is 10.2 Å². The van der Waals surface area contributed by atoms with E-state index in [0.29, 0.717) is 18.2 Å². The lowest BCUT2D eigenvalue weighted by atomic mass is 9.82. The Bertz CT molecular complexity index is 635. The van der Waals surface area contributed by atoms with Crippen molar-refractivity contribution in [2.45, 2.75) is 50.2 Å². The Hall–Kier alpha value is -1.53. The summed E-state index contributed by atoms with van der Waals surface area (Å²) in [5, 5.41) is 3.14. The minimum absolute atomic E-state index is 0.153. The second-order valence-corrected chi connectivity index (χ2v) is 7.35. The molecule has 1 aromatic carbocycles. The summed E-state index contributed by atoms with van der Waals surface area (Å²) in [6, 6.07) is 2.12. The summed E-state index contributed by atoms with van der Waals surface area (Å²) in [5.74, 6) is -2.66. The van der Waals surface area contributed by atoms with E-state index in [-0.39, 0.29) is 23.9 Å². The number of hydrogen-bond acceptors (Lipinski definition) is 3. The number of benzene rings is 1. The number of nitrogens with zero attached hydrogens (tertiary/aromatic N) is 1. The van der Waals surface area contributed by atoms with Gasteiger partial charge < -0.3 is 16.0 Å². The highest BCUT2D eigenvalue weighted by molar-refractivity contribution is 5.21. The number of likely N-dealkylation sites (N-methyl/N-ethyl adjacent to an activating group) is 1. The number of nitrogens with two attached hydrogens (primary N) is 1. The lowest BCUT2D eigenvalue weighted by molar-refractivity contribution is 0.125. The molecule has 2 saturated heterocycles. The van der Waals surface area contributed by atoms with Gasteiger partial charge >= 0.3 is 0 Å². The molecular formula is C19H26F3N3. The maximum Gasteiger partial charge on any atom is 0.161 e. The zero-order valence-corrected chi connectivity index (χ0v) is 14.6. The van der Waals surface area contributed by atoms with E-state index in [1.165, 1.54) is 0 Å². The third-order valence-corrected chi connectivity index (χ3v) is 5.67. The quantitative estimate of drug-likeness (QED) is 0.773. The highest BCUT2D eigenvalue weighted by Crippen LogP contribution is 2.41. The molecule has 3 unspecified atom stereocenters. The molecule has 0 saturated carbocycles. The fourth-order valence-electron chi connectivity index (χ4n) is 4.52. The fraction of sp³-hybridized carbons (Fsp3) is 0.579. The first-order chi connectivity index (χ1) is 11.9. The van der Waals surface area contributed by atoms with Gasteiger partial charge in [0.15, 0.2) is 11.6 Å². The van der Waals surface area contributed by atoms with Gasteiger partial charge in [-0.15, -0.1) is 0 Å². The van der Waals surface area contributed by atoms with Gasteiger partial charge in [-0.3, -0.25) is 0 Å². The van der Waals surface area contributed by atoms with Gasteiger partial charge in [-0.1, -0.05) is 6.58 Å². The van der Waals surface area contributed by atoms with Crippen LogP contribution in [0.15, 0.2) is 24.4 Å². The SMILES string of the molecule is C=C(CNC)N1C2CCC1CC(C(N)Cc1cc(F)c(F)cc1F)C2. The van der Waals surface area contributed by atoms with Crippen LogP contribution in [0, 0.1) is 23.4 Å². The monoisotopic (exact) mass is 353 g/mol. The van der Waals surface area contributed by atoms with Gasteiger partial charge in [-0.2, -0.15) is 0 Å². The molecule has 0 aromatic heterocycles. The van der Waals surface area contributed by atoms with E-state index < -0.39 is 17.5 Å². The molecule has 138 valence electrons. The van der Waals surface area contributed by atoms with Crippen molar-refractivity contribution in [2.75, 3.05) is 13.6 Å². The summed E-state index contributed by atoms with van der Waals surface area (Å²) >= 11 is 0. The molecule has 1 aromatic rings. The highest BCUT2D eigenvalue weighted by atomic mass is 19.2. The lowest BCUT2D eigenvalue weighted by Gasteiger charge is -2.43. The molecule has 3 N–H and O–H groups in total. The lowest BCUT2D eigenvalue weighted by Crippen LogP contribution is -2.48. The molecule has 2 aliphatic rings. The van der Waals surface area contributed by atoms with E-state index in [1.54, 1.807) is 0 Å². The Balaban J connectivity index is 1.66. The Labute approximate surface area is 147 Å². The van der Waals surface area contributed by atoms with Gasteiger partial charge in [-0.05, 0) is 56.7 Å². The number of fused-ring (bicyclic) bond motifs is 2. The third kappa shape index (κ3) is 3.70. The van der Waals surface area contributed by atoms with E-state index in [9.17, 15) is 13.2 Å². The van der Waals surface area contributed by atoms with Crippen LogP contribution in [0.1, 0.15) is 31.2 Å². The molecule has 3 atom stereocenters. The van der Waals surface area contributed by atoms with Gasteiger partial charge in [-0.25, -0.2) is 13.2 Å². The Morgan fingerprint density at radius 3 is 2.40 bits per heavy atom. The van der Waals surface area contributed by atoms with E-state index in [4.69, 9.17) is 5.73 Å². The molecule has 2 heterocycles. The molecule has 25 heavy (non-hydrogen) atoms. The van der Waals surface area contributed by atoms with Crippen LogP contribution in [-0.4, -0.2) is 36.6 Å². The van der Waals surface area contributed by atoms with Crippen LogP contribution in [0.4, 0.5) is 13.2 Å². The summed E-state index contributed by atoms with van der Waals surface area (Å²) in [6.45, 7) is 4.95. The van der Waals surface area contributed by atoms with Crippen molar-refractivity contribution in [2.24, 2.45) is 11.7 Å². The molecule has 0 aliphatic carbocycles. The van der Waals surface area contributed by atoms with Crippen LogP contribution < -0.4 is 11.1 Å². The average molecular weight is 353 g/mol. The molecule has 2 aliphatic heterocycles. The predicted molar refractivity (Wildman–Crippen MR) is 92.4 cm³/mol. The summed E-state index contributed by atoms with van der Waals surface area (Å²) < 4.78 is 40.4. The normalized spacial score (nSPS) is 26.8. The van der Waals surface area contributed by atoms with Crippen molar-refractivity contribution >= 4 is 0 Å². The first-order valence-corrected chi connectivity index (χ1v) is 8.90. The average Bonchev–Trinajstić information content (AvgIpc) is 2.83. The Kier molecular flexibility index (Phi) is 5.39. The maximum absolute atomic E-state index is 13.9. The van der Waals surface area contributed by atoms with Crippen molar-refractivity contribution in [3.63, 3.8) is 0 Å². The minimum Gasteiger partial charge on any atom is -0.368 e. The second kappa shape index (κ2) is 7.38. The van der Waals surface area contributed by atoms with E-state index >= 15 is 0 Å². The number of hydrogen-bond donors (Lipinski definition) is 2. The van der Waals surface area contributed by atoms with Crippen LogP contribution in [0.3, 0.4) is 0 Å².